The lowest BCUT2D eigenvalue weighted by Crippen LogP contribution is -1.88. The summed E-state index contributed by atoms with van der Waals surface area (Å²) in [5.41, 5.74) is 1.24. The minimum atomic E-state index is 0.888. The van der Waals surface area contributed by atoms with Crippen LogP contribution in [-0.4, -0.2) is 6.61 Å². The predicted octanol–water partition coefficient (Wildman–Crippen LogP) is 4.68. The maximum atomic E-state index is 5.36. The maximum Gasteiger partial charge on any atom is 0.0873 e. The Kier molecular flexibility index (Phi) is 10.3. The normalized spacial score (nSPS) is 9.93. The number of hydrogen-bond acceptors (Lipinski definition) is 1. The molecule has 0 heterocycles. The fraction of sp³-hybridized carbons (Fsp3) is 0.846. The molecule has 0 aromatic carbocycles. The van der Waals surface area contributed by atoms with Crippen LogP contribution < -0.4 is 0 Å². The van der Waals surface area contributed by atoms with Crippen molar-refractivity contribution < 1.29 is 4.74 Å². The van der Waals surface area contributed by atoms with Crippen LogP contribution in [0.2, 0.25) is 0 Å². The van der Waals surface area contributed by atoms with Gasteiger partial charge in [0.1, 0.15) is 0 Å². The van der Waals surface area contributed by atoms with Gasteiger partial charge in [0.25, 0.3) is 0 Å². The molecule has 0 bridgehead atoms. The second-order valence-electron chi connectivity index (χ2n) is 4.19. The first kappa shape index (κ1) is 13.5. The lowest BCUT2D eigenvalue weighted by Gasteiger charge is -2.02. The summed E-state index contributed by atoms with van der Waals surface area (Å²) < 4.78 is 5.36. The Labute approximate surface area is 89.5 Å². The highest BCUT2D eigenvalue weighted by molar-refractivity contribution is 4.86. The van der Waals surface area contributed by atoms with Gasteiger partial charge in [0.15, 0.2) is 0 Å². The summed E-state index contributed by atoms with van der Waals surface area (Å²) in [7, 11) is 0. The Morgan fingerprint density at radius 2 is 1.50 bits per heavy atom. The van der Waals surface area contributed by atoms with E-state index in [9.17, 15) is 0 Å². The summed E-state index contributed by atoms with van der Waals surface area (Å²) in [6, 6.07) is 0. The van der Waals surface area contributed by atoms with Crippen molar-refractivity contribution in [1.29, 1.82) is 0 Å². The lowest BCUT2D eigenvalue weighted by molar-refractivity contribution is 0.238. The van der Waals surface area contributed by atoms with E-state index in [4.69, 9.17) is 4.74 Å². The summed E-state index contributed by atoms with van der Waals surface area (Å²) in [5.74, 6) is 0. The molecule has 0 aromatic heterocycles. The molecule has 0 unspecified atom stereocenters. The van der Waals surface area contributed by atoms with Gasteiger partial charge in [0, 0.05) is 0 Å². The van der Waals surface area contributed by atoms with Crippen molar-refractivity contribution in [3.8, 4) is 0 Å². The molecular formula is C13H26O. The van der Waals surface area contributed by atoms with Crippen LogP contribution in [0.3, 0.4) is 0 Å². The minimum absolute atomic E-state index is 0.888. The molecule has 0 spiro atoms. The molecule has 0 rings (SSSR count). The third-order valence-electron chi connectivity index (χ3n) is 2.18. The number of hydrogen-bond donors (Lipinski definition) is 0. The fourth-order valence-electron chi connectivity index (χ4n) is 1.37. The predicted molar refractivity (Wildman–Crippen MR) is 63.4 cm³/mol. The minimum Gasteiger partial charge on any atom is -0.501 e. The van der Waals surface area contributed by atoms with Crippen LogP contribution in [0.15, 0.2) is 11.8 Å². The van der Waals surface area contributed by atoms with Gasteiger partial charge in [-0.3, -0.25) is 0 Å². The van der Waals surface area contributed by atoms with E-state index >= 15 is 0 Å². The quantitative estimate of drug-likeness (QED) is 0.386. The van der Waals surface area contributed by atoms with E-state index in [1.165, 1.54) is 50.5 Å². The van der Waals surface area contributed by atoms with Crippen molar-refractivity contribution in [2.45, 2.75) is 65.7 Å². The molecule has 0 aromatic rings. The van der Waals surface area contributed by atoms with Crippen molar-refractivity contribution in [2.24, 2.45) is 0 Å². The molecule has 0 radical (unpaired) electrons. The Morgan fingerprint density at radius 3 is 2.07 bits per heavy atom. The van der Waals surface area contributed by atoms with Gasteiger partial charge >= 0.3 is 0 Å². The van der Waals surface area contributed by atoms with E-state index < -0.39 is 0 Å². The van der Waals surface area contributed by atoms with Gasteiger partial charge in [-0.1, -0.05) is 45.4 Å². The first-order chi connectivity index (χ1) is 6.77. The zero-order chi connectivity index (χ0) is 10.6. The summed E-state index contributed by atoms with van der Waals surface area (Å²) in [6.07, 6.45) is 11.3. The summed E-state index contributed by atoms with van der Waals surface area (Å²) in [6.45, 7) is 7.27. The zero-order valence-electron chi connectivity index (χ0n) is 10.1. The lowest BCUT2D eigenvalue weighted by atomic mass is 10.1. The second-order valence-corrected chi connectivity index (χ2v) is 4.19. The number of rotatable bonds is 9. The summed E-state index contributed by atoms with van der Waals surface area (Å²) in [5, 5.41) is 0. The van der Waals surface area contributed by atoms with Crippen LogP contribution in [0, 0.1) is 0 Å². The average molecular weight is 198 g/mol. The van der Waals surface area contributed by atoms with Gasteiger partial charge in [-0.05, 0) is 25.8 Å². The molecule has 0 saturated heterocycles. The first-order valence-corrected chi connectivity index (χ1v) is 6.02. The smallest absolute Gasteiger partial charge is 0.0873 e. The highest BCUT2D eigenvalue weighted by Gasteiger charge is 1.90. The third-order valence-corrected chi connectivity index (χ3v) is 2.18. The molecule has 0 N–H and O–H groups in total. The highest BCUT2D eigenvalue weighted by Crippen LogP contribution is 2.06. The molecule has 0 aliphatic carbocycles. The monoisotopic (exact) mass is 198 g/mol. The van der Waals surface area contributed by atoms with Crippen LogP contribution >= 0.6 is 0 Å². The zero-order valence-corrected chi connectivity index (χ0v) is 10.1. The Hall–Kier alpha value is -0.460. The second kappa shape index (κ2) is 10.6. The number of unbranched alkanes of at least 4 members (excludes halogenated alkanes) is 6. The van der Waals surface area contributed by atoms with E-state index in [1.54, 1.807) is 0 Å². The molecule has 84 valence electrons. The van der Waals surface area contributed by atoms with Crippen molar-refractivity contribution >= 4 is 0 Å². The molecule has 0 aliphatic heterocycles. The van der Waals surface area contributed by atoms with E-state index in [0.29, 0.717) is 0 Å². The van der Waals surface area contributed by atoms with Crippen molar-refractivity contribution in [3.05, 3.63) is 11.8 Å². The molecule has 0 saturated carbocycles. The Morgan fingerprint density at radius 1 is 0.929 bits per heavy atom. The molecule has 0 aliphatic rings. The Bertz CT molecular complexity index is 134. The third kappa shape index (κ3) is 11.5. The summed E-state index contributed by atoms with van der Waals surface area (Å²) >= 11 is 0. The fourth-order valence-corrected chi connectivity index (χ4v) is 1.37. The van der Waals surface area contributed by atoms with Crippen molar-refractivity contribution in [1.82, 2.24) is 0 Å². The average Bonchev–Trinajstić information content (AvgIpc) is 2.15. The first-order valence-electron chi connectivity index (χ1n) is 6.02. The summed E-state index contributed by atoms with van der Waals surface area (Å²) in [4.78, 5) is 0. The highest BCUT2D eigenvalue weighted by atomic mass is 16.5. The Balaban J connectivity index is 2.96. The largest absolute Gasteiger partial charge is 0.501 e. The van der Waals surface area contributed by atoms with Crippen LogP contribution in [0.1, 0.15) is 65.7 Å². The van der Waals surface area contributed by atoms with Gasteiger partial charge in [0.2, 0.25) is 0 Å². The number of allylic oxidation sites excluding steroid dienone is 1. The number of ether oxygens (including phenoxy) is 1. The van der Waals surface area contributed by atoms with Crippen molar-refractivity contribution in [3.63, 3.8) is 0 Å². The van der Waals surface area contributed by atoms with E-state index in [1.807, 2.05) is 6.26 Å². The molecule has 0 fully saturated rings. The van der Waals surface area contributed by atoms with E-state index in [2.05, 4.69) is 20.8 Å². The van der Waals surface area contributed by atoms with Crippen LogP contribution in [0.5, 0.6) is 0 Å². The van der Waals surface area contributed by atoms with E-state index in [0.717, 1.165) is 6.61 Å². The van der Waals surface area contributed by atoms with Gasteiger partial charge in [-0.15, -0.1) is 0 Å². The maximum absolute atomic E-state index is 5.36. The SMILES string of the molecule is CCCCCCCCCOC=C(C)C. The van der Waals surface area contributed by atoms with Crippen LogP contribution in [0.4, 0.5) is 0 Å². The van der Waals surface area contributed by atoms with E-state index in [-0.39, 0.29) is 0 Å². The molecular weight excluding hydrogens is 172 g/mol. The topological polar surface area (TPSA) is 9.23 Å². The van der Waals surface area contributed by atoms with Gasteiger partial charge < -0.3 is 4.74 Å². The van der Waals surface area contributed by atoms with Crippen molar-refractivity contribution in [2.75, 3.05) is 6.61 Å². The van der Waals surface area contributed by atoms with Crippen LogP contribution in [0.25, 0.3) is 0 Å². The van der Waals surface area contributed by atoms with Crippen LogP contribution in [-0.2, 0) is 4.74 Å². The van der Waals surface area contributed by atoms with Gasteiger partial charge in [0.05, 0.1) is 12.9 Å². The molecule has 1 heteroatoms. The van der Waals surface area contributed by atoms with Gasteiger partial charge in [-0.2, -0.15) is 0 Å². The molecule has 0 amide bonds. The molecule has 1 nitrogen and oxygen atoms in total. The molecule has 0 atom stereocenters. The van der Waals surface area contributed by atoms with Gasteiger partial charge in [-0.25, -0.2) is 0 Å². The molecule has 14 heavy (non-hydrogen) atoms. The standard InChI is InChI=1S/C13H26O/c1-4-5-6-7-8-9-10-11-14-12-13(2)3/h12H,4-11H2,1-3H3.